The topological polar surface area (TPSA) is 42.8 Å². The minimum atomic E-state index is -0.296. The van der Waals surface area contributed by atoms with Gasteiger partial charge >= 0.3 is 0 Å². The number of nitrogens with one attached hydrogen (secondary N) is 1. The minimum absolute atomic E-state index is 0.101. The van der Waals surface area contributed by atoms with Gasteiger partial charge in [0, 0.05) is 23.4 Å². The first-order chi connectivity index (χ1) is 20.0. The molecular formula is C35H32BrFN2O2. The van der Waals surface area contributed by atoms with Crippen LogP contribution >= 0.6 is 15.9 Å². The number of halogens is 2. The van der Waals surface area contributed by atoms with Crippen LogP contribution in [0.2, 0.25) is 0 Å². The summed E-state index contributed by atoms with van der Waals surface area (Å²) in [5.41, 5.74) is 7.43. The first-order valence-electron chi connectivity index (χ1n) is 14.0. The molecule has 0 saturated carbocycles. The number of aryl methyl sites for hydroxylation is 1. The Morgan fingerprint density at radius 1 is 1.02 bits per heavy atom. The molecule has 4 aromatic carbocycles. The fourth-order valence-corrected chi connectivity index (χ4v) is 6.37. The molecule has 1 heterocycles. The van der Waals surface area contributed by atoms with Crippen LogP contribution in [0.15, 0.2) is 100 Å². The van der Waals surface area contributed by atoms with E-state index < -0.39 is 0 Å². The van der Waals surface area contributed by atoms with E-state index in [0.717, 1.165) is 22.1 Å². The molecule has 41 heavy (non-hydrogen) atoms. The number of anilines is 1. The number of ether oxygens (including phenoxy) is 2. The SMILES string of the molecule is CCOc1cc(C=Nc2ccc([C@@H]3Nc4ccc(C)cc4[C@H]4C=CC[C@@H]43)cc2)cc(Br)c1OCc1ccccc1F. The van der Waals surface area contributed by atoms with Crippen LogP contribution in [0.1, 0.15) is 53.1 Å². The third-order valence-electron chi connectivity index (χ3n) is 7.79. The predicted octanol–water partition coefficient (Wildman–Crippen LogP) is 9.45. The summed E-state index contributed by atoms with van der Waals surface area (Å²) >= 11 is 3.61. The van der Waals surface area contributed by atoms with Crippen molar-refractivity contribution in [2.45, 2.75) is 38.8 Å². The summed E-state index contributed by atoms with van der Waals surface area (Å²) in [4.78, 5) is 4.73. The first-order valence-corrected chi connectivity index (χ1v) is 14.8. The Morgan fingerprint density at radius 2 is 1.85 bits per heavy atom. The molecule has 0 bridgehead atoms. The molecule has 1 N–H and O–H groups in total. The third kappa shape index (κ3) is 5.80. The van der Waals surface area contributed by atoms with Crippen molar-refractivity contribution in [2.75, 3.05) is 11.9 Å². The summed E-state index contributed by atoms with van der Waals surface area (Å²) in [6, 6.07) is 25.9. The fourth-order valence-electron chi connectivity index (χ4n) is 5.79. The molecule has 4 nitrogen and oxygen atoms in total. The van der Waals surface area contributed by atoms with Gasteiger partial charge in [0.15, 0.2) is 11.5 Å². The Balaban J connectivity index is 1.18. The second-order valence-corrected chi connectivity index (χ2v) is 11.4. The van der Waals surface area contributed by atoms with E-state index in [1.54, 1.807) is 18.2 Å². The highest BCUT2D eigenvalue weighted by atomic mass is 79.9. The van der Waals surface area contributed by atoms with Gasteiger partial charge in [-0.25, -0.2) is 4.39 Å². The summed E-state index contributed by atoms with van der Waals surface area (Å²) in [7, 11) is 0. The molecule has 6 rings (SSSR count). The van der Waals surface area contributed by atoms with E-state index in [9.17, 15) is 4.39 Å². The maximum atomic E-state index is 14.1. The highest BCUT2D eigenvalue weighted by Gasteiger charge is 2.37. The second kappa shape index (κ2) is 11.9. The largest absolute Gasteiger partial charge is 0.490 e. The quantitative estimate of drug-likeness (QED) is 0.159. The molecule has 0 fully saturated rings. The molecule has 0 saturated heterocycles. The maximum Gasteiger partial charge on any atom is 0.175 e. The first kappa shape index (κ1) is 27.3. The number of fused-ring (bicyclic) bond motifs is 3. The molecule has 6 heteroatoms. The van der Waals surface area contributed by atoms with Crippen molar-refractivity contribution in [2.24, 2.45) is 10.9 Å². The van der Waals surface area contributed by atoms with Crippen LogP contribution in [0.5, 0.6) is 11.5 Å². The average Bonchev–Trinajstić information content (AvgIpc) is 3.47. The number of rotatable bonds is 8. The van der Waals surface area contributed by atoms with Crippen LogP contribution in [0.25, 0.3) is 0 Å². The van der Waals surface area contributed by atoms with Gasteiger partial charge in [0.1, 0.15) is 12.4 Å². The Labute approximate surface area is 249 Å². The number of nitrogens with zero attached hydrogens (tertiary/aromatic N) is 1. The van der Waals surface area contributed by atoms with Gasteiger partial charge in [0.25, 0.3) is 0 Å². The Morgan fingerprint density at radius 3 is 2.66 bits per heavy atom. The molecule has 4 aromatic rings. The Kier molecular flexibility index (Phi) is 7.93. The van der Waals surface area contributed by atoms with Crippen LogP contribution < -0.4 is 14.8 Å². The van der Waals surface area contributed by atoms with Gasteiger partial charge in [-0.05, 0) is 95.2 Å². The molecule has 208 valence electrons. The van der Waals surface area contributed by atoms with Crippen molar-refractivity contribution in [3.05, 3.63) is 129 Å². The summed E-state index contributed by atoms with van der Waals surface area (Å²) < 4.78 is 26.6. The third-order valence-corrected chi connectivity index (χ3v) is 8.38. The molecule has 0 aromatic heterocycles. The Bertz CT molecular complexity index is 1620. The van der Waals surface area contributed by atoms with E-state index in [-0.39, 0.29) is 18.5 Å². The van der Waals surface area contributed by atoms with Crippen LogP contribution in [0, 0.1) is 18.7 Å². The minimum Gasteiger partial charge on any atom is -0.490 e. The predicted molar refractivity (Wildman–Crippen MR) is 167 cm³/mol. The lowest BCUT2D eigenvalue weighted by Crippen LogP contribution is -2.29. The van der Waals surface area contributed by atoms with Gasteiger partial charge in [-0.3, -0.25) is 4.99 Å². The highest BCUT2D eigenvalue weighted by molar-refractivity contribution is 9.10. The summed E-state index contributed by atoms with van der Waals surface area (Å²) in [6.45, 7) is 4.65. The Hall–Kier alpha value is -3.90. The summed E-state index contributed by atoms with van der Waals surface area (Å²) in [5, 5.41) is 3.81. The highest BCUT2D eigenvalue weighted by Crippen LogP contribution is 2.50. The van der Waals surface area contributed by atoms with Gasteiger partial charge in [0.05, 0.1) is 22.8 Å². The molecule has 0 radical (unpaired) electrons. The summed E-state index contributed by atoms with van der Waals surface area (Å²) in [5.74, 6) is 1.77. The lowest BCUT2D eigenvalue weighted by molar-refractivity contribution is 0.264. The van der Waals surface area contributed by atoms with Crippen LogP contribution in [0.4, 0.5) is 15.8 Å². The van der Waals surface area contributed by atoms with Crippen LogP contribution in [0.3, 0.4) is 0 Å². The molecule has 1 aliphatic heterocycles. The lowest BCUT2D eigenvalue weighted by atomic mass is 9.76. The van der Waals surface area contributed by atoms with E-state index in [1.165, 1.54) is 28.4 Å². The van der Waals surface area contributed by atoms with E-state index >= 15 is 0 Å². The van der Waals surface area contributed by atoms with Crippen molar-refractivity contribution in [3.63, 3.8) is 0 Å². The van der Waals surface area contributed by atoms with E-state index in [4.69, 9.17) is 14.5 Å². The van der Waals surface area contributed by atoms with Crippen LogP contribution in [-0.2, 0) is 6.61 Å². The van der Waals surface area contributed by atoms with E-state index in [1.807, 2.05) is 25.3 Å². The molecule has 2 aliphatic rings. The van der Waals surface area contributed by atoms with Gasteiger partial charge in [0.2, 0.25) is 0 Å². The molecule has 3 atom stereocenters. The lowest BCUT2D eigenvalue weighted by Gasteiger charge is -2.37. The zero-order valence-electron chi connectivity index (χ0n) is 23.1. The van der Waals surface area contributed by atoms with Crippen molar-refractivity contribution in [1.29, 1.82) is 0 Å². The van der Waals surface area contributed by atoms with Crippen molar-refractivity contribution in [1.82, 2.24) is 0 Å². The zero-order valence-corrected chi connectivity index (χ0v) is 24.7. The second-order valence-electron chi connectivity index (χ2n) is 10.6. The summed E-state index contributed by atoms with van der Waals surface area (Å²) in [6.07, 6.45) is 7.59. The monoisotopic (exact) mass is 610 g/mol. The normalized spacial score (nSPS) is 19.1. The van der Waals surface area contributed by atoms with E-state index in [0.29, 0.717) is 35.5 Å². The maximum absolute atomic E-state index is 14.1. The number of benzene rings is 4. The average molecular weight is 612 g/mol. The number of hydrogen-bond donors (Lipinski definition) is 1. The van der Waals surface area contributed by atoms with Gasteiger partial charge < -0.3 is 14.8 Å². The molecule has 1 aliphatic carbocycles. The van der Waals surface area contributed by atoms with Gasteiger partial charge in [-0.15, -0.1) is 0 Å². The fraction of sp³-hybridized carbons (Fsp3) is 0.229. The molecular weight excluding hydrogens is 579 g/mol. The van der Waals surface area contributed by atoms with Crippen molar-refractivity contribution >= 4 is 33.5 Å². The standard InChI is InChI=1S/C35H32BrFN2O2/c1-3-40-33-19-23(18-30(36)35(33)41-21-25-7-4-5-10-31(25)37)20-38-26-14-12-24(13-15-26)34-28-9-6-8-27(28)29-17-22(2)11-16-32(29)39-34/h4-8,10-20,27-28,34,39H,3,9,21H2,1-2H3/t27-,28-,34-/m0/s1. The van der Waals surface area contributed by atoms with Gasteiger partial charge in [-0.2, -0.15) is 0 Å². The molecule has 0 unspecified atom stereocenters. The number of aliphatic imine (C=N–C) groups is 1. The molecule has 0 spiro atoms. The number of allylic oxidation sites excluding steroid dienone is 2. The van der Waals surface area contributed by atoms with Crippen molar-refractivity contribution in [3.8, 4) is 11.5 Å². The number of hydrogen-bond acceptors (Lipinski definition) is 4. The van der Waals surface area contributed by atoms with Crippen LogP contribution in [-0.4, -0.2) is 12.8 Å². The zero-order chi connectivity index (χ0) is 28.3. The van der Waals surface area contributed by atoms with E-state index in [2.05, 4.69) is 82.8 Å². The molecule has 0 amide bonds. The van der Waals surface area contributed by atoms with Gasteiger partial charge in [-0.1, -0.05) is 60.2 Å². The van der Waals surface area contributed by atoms with Crippen molar-refractivity contribution < 1.29 is 13.9 Å². The smallest absolute Gasteiger partial charge is 0.175 e.